The third-order valence-corrected chi connectivity index (χ3v) is 4.55. The second-order valence-electron chi connectivity index (χ2n) is 5.72. The van der Waals surface area contributed by atoms with E-state index in [1.165, 1.54) is 30.0 Å². The Hall–Kier alpha value is -2.15. The van der Waals surface area contributed by atoms with Gasteiger partial charge in [-0.1, -0.05) is 37.2 Å². The van der Waals surface area contributed by atoms with Crippen LogP contribution in [0, 0.1) is 5.82 Å². The number of carbonyl (C=O) groups excluding carboxylic acids is 1. The van der Waals surface area contributed by atoms with Gasteiger partial charge in [-0.2, -0.15) is 0 Å². The van der Waals surface area contributed by atoms with Crippen molar-refractivity contribution >= 4 is 17.7 Å². The zero-order chi connectivity index (χ0) is 18.2. The summed E-state index contributed by atoms with van der Waals surface area (Å²) in [5.41, 5.74) is 1.49. The molecule has 25 heavy (non-hydrogen) atoms. The molecular weight excluding hydrogens is 341 g/mol. The van der Waals surface area contributed by atoms with Crippen molar-refractivity contribution in [3.05, 3.63) is 57.8 Å². The molecule has 1 aromatic heterocycles. The minimum Gasteiger partial charge on any atom is -0.355 e. The van der Waals surface area contributed by atoms with Crippen molar-refractivity contribution < 1.29 is 9.18 Å². The molecule has 134 valence electrons. The molecule has 1 amide bonds. The molecule has 7 heteroatoms. The van der Waals surface area contributed by atoms with Crippen molar-refractivity contribution in [1.82, 2.24) is 15.3 Å². The van der Waals surface area contributed by atoms with Crippen LogP contribution in [0.1, 0.15) is 31.5 Å². The fourth-order valence-electron chi connectivity index (χ4n) is 2.27. The fourth-order valence-corrected chi connectivity index (χ4v) is 3.12. The Balaban J connectivity index is 1.85. The molecule has 5 nitrogen and oxygen atoms in total. The number of hydrogen-bond acceptors (Lipinski definition) is 4. The second kappa shape index (κ2) is 9.36. The molecule has 0 radical (unpaired) electrons. The predicted molar refractivity (Wildman–Crippen MR) is 97.3 cm³/mol. The monoisotopic (exact) mass is 363 g/mol. The molecule has 1 heterocycles. The first-order valence-corrected chi connectivity index (χ1v) is 9.15. The fraction of sp³-hybridized carbons (Fsp3) is 0.389. The van der Waals surface area contributed by atoms with E-state index in [-0.39, 0.29) is 22.5 Å². The van der Waals surface area contributed by atoms with Crippen LogP contribution in [0.5, 0.6) is 0 Å². The van der Waals surface area contributed by atoms with Gasteiger partial charge < -0.3 is 10.3 Å². The molecule has 0 fully saturated rings. The lowest BCUT2D eigenvalue weighted by atomic mass is 10.1. The van der Waals surface area contributed by atoms with Gasteiger partial charge in [0.2, 0.25) is 5.91 Å². The summed E-state index contributed by atoms with van der Waals surface area (Å²) in [6, 6.07) is 7.70. The van der Waals surface area contributed by atoms with Gasteiger partial charge in [0.1, 0.15) is 5.82 Å². The minimum atomic E-state index is -0.381. The highest BCUT2D eigenvalue weighted by atomic mass is 32.2. The van der Waals surface area contributed by atoms with Crippen LogP contribution in [-0.4, -0.2) is 27.7 Å². The van der Waals surface area contributed by atoms with Gasteiger partial charge in [-0.15, -0.1) is 0 Å². The summed E-state index contributed by atoms with van der Waals surface area (Å²) in [4.78, 5) is 30.9. The lowest BCUT2D eigenvalue weighted by molar-refractivity contribution is -0.120. The van der Waals surface area contributed by atoms with Gasteiger partial charge in [0.05, 0.1) is 5.25 Å². The quantitative estimate of drug-likeness (QED) is 0.559. The van der Waals surface area contributed by atoms with Crippen molar-refractivity contribution in [3.63, 3.8) is 0 Å². The summed E-state index contributed by atoms with van der Waals surface area (Å²) in [5.74, 6) is -0.403. The van der Waals surface area contributed by atoms with Crippen molar-refractivity contribution in [1.29, 1.82) is 0 Å². The number of nitrogens with one attached hydrogen (secondary N) is 2. The molecule has 2 N–H and O–H groups in total. The number of amides is 1. The highest BCUT2D eigenvalue weighted by Gasteiger charge is 2.15. The smallest absolute Gasteiger partial charge is 0.251 e. The number of hydrogen-bond donors (Lipinski definition) is 2. The molecule has 2 aromatic rings. The van der Waals surface area contributed by atoms with Crippen LogP contribution in [0.4, 0.5) is 4.39 Å². The van der Waals surface area contributed by atoms with Crippen LogP contribution in [0.15, 0.2) is 40.3 Å². The number of benzene rings is 1. The zero-order valence-electron chi connectivity index (χ0n) is 14.3. The molecule has 1 atom stereocenters. The zero-order valence-corrected chi connectivity index (χ0v) is 15.2. The first-order valence-electron chi connectivity index (χ1n) is 8.27. The Morgan fingerprint density at radius 1 is 1.32 bits per heavy atom. The highest BCUT2D eigenvalue weighted by molar-refractivity contribution is 8.00. The number of aryl methyl sites for hydroxylation is 1. The summed E-state index contributed by atoms with van der Waals surface area (Å²) in [5, 5.41) is 2.92. The van der Waals surface area contributed by atoms with Gasteiger partial charge in [0.15, 0.2) is 5.16 Å². The number of rotatable bonds is 8. The molecule has 0 aliphatic heterocycles. The van der Waals surface area contributed by atoms with Gasteiger partial charge in [-0.25, -0.2) is 9.37 Å². The van der Waals surface area contributed by atoms with Crippen LogP contribution < -0.4 is 10.9 Å². The van der Waals surface area contributed by atoms with Crippen LogP contribution in [0.25, 0.3) is 0 Å². The van der Waals surface area contributed by atoms with E-state index < -0.39 is 0 Å². The highest BCUT2D eigenvalue weighted by Crippen LogP contribution is 2.18. The summed E-state index contributed by atoms with van der Waals surface area (Å²) < 4.78 is 12.9. The molecule has 0 saturated heterocycles. The van der Waals surface area contributed by atoms with E-state index in [1.807, 2.05) is 6.92 Å². The number of thioether (sulfide) groups is 1. The number of carbonyl (C=O) groups is 1. The van der Waals surface area contributed by atoms with Crippen LogP contribution >= 0.6 is 11.8 Å². The van der Waals surface area contributed by atoms with E-state index in [4.69, 9.17) is 0 Å². The maximum Gasteiger partial charge on any atom is 0.251 e. The van der Waals surface area contributed by atoms with Gasteiger partial charge in [0.25, 0.3) is 5.56 Å². The third-order valence-electron chi connectivity index (χ3n) is 3.56. The molecule has 1 aromatic carbocycles. The molecule has 0 aliphatic rings. The number of aromatic nitrogens is 2. The van der Waals surface area contributed by atoms with Crippen LogP contribution in [0.2, 0.25) is 0 Å². The summed E-state index contributed by atoms with van der Waals surface area (Å²) >= 11 is 1.23. The van der Waals surface area contributed by atoms with E-state index in [1.54, 1.807) is 19.1 Å². The van der Waals surface area contributed by atoms with Crippen LogP contribution in [-0.2, 0) is 17.6 Å². The average Bonchev–Trinajstić information content (AvgIpc) is 2.56. The molecule has 0 saturated carbocycles. The molecule has 0 bridgehead atoms. The van der Waals surface area contributed by atoms with Gasteiger partial charge in [-0.3, -0.25) is 9.59 Å². The van der Waals surface area contributed by atoms with E-state index >= 15 is 0 Å². The number of halogens is 1. The van der Waals surface area contributed by atoms with Gasteiger partial charge in [0, 0.05) is 18.3 Å². The van der Waals surface area contributed by atoms with Crippen LogP contribution in [0.3, 0.4) is 0 Å². The predicted octanol–water partition coefficient (Wildman–Crippen LogP) is 2.70. The summed E-state index contributed by atoms with van der Waals surface area (Å²) in [7, 11) is 0. The number of nitrogens with zero attached hydrogens (tertiary/aromatic N) is 1. The lowest BCUT2D eigenvalue weighted by Crippen LogP contribution is -2.32. The first-order chi connectivity index (χ1) is 12.0. The maximum absolute atomic E-state index is 12.9. The van der Waals surface area contributed by atoms with Gasteiger partial charge >= 0.3 is 0 Å². The largest absolute Gasteiger partial charge is 0.355 e. The molecule has 0 unspecified atom stereocenters. The van der Waals surface area contributed by atoms with Crippen molar-refractivity contribution in [2.24, 2.45) is 0 Å². The van der Waals surface area contributed by atoms with E-state index in [0.29, 0.717) is 18.1 Å². The Bertz CT molecular complexity index is 762. The summed E-state index contributed by atoms with van der Waals surface area (Å²) in [6.45, 7) is 4.26. The maximum atomic E-state index is 12.9. The number of aromatic amines is 1. The van der Waals surface area contributed by atoms with Gasteiger partial charge in [-0.05, 0) is 37.5 Å². The Kier molecular flexibility index (Phi) is 7.18. The standard InChI is InChI=1S/C18H22FN3O2S/c1-3-4-15-11-16(23)22-18(21-15)25-12(2)17(24)20-10-9-13-5-7-14(19)8-6-13/h5-8,11-12H,3-4,9-10H2,1-2H3,(H,20,24)(H,21,22,23)/t12-/m1/s1. The van der Waals surface area contributed by atoms with Crippen molar-refractivity contribution in [3.8, 4) is 0 Å². The first kappa shape index (κ1) is 19.2. The lowest BCUT2D eigenvalue weighted by Gasteiger charge is -2.12. The summed E-state index contributed by atoms with van der Waals surface area (Å²) in [6.07, 6.45) is 2.26. The van der Waals surface area contributed by atoms with E-state index in [0.717, 1.165) is 24.1 Å². The third kappa shape index (κ3) is 6.34. The Morgan fingerprint density at radius 3 is 2.72 bits per heavy atom. The minimum absolute atomic E-state index is 0.129. The average molecular weight is 363 g/mol. The second-order valence-corrected chi connectivity index (χ2v) is 7.05. The molecule has 0 aliphatic carbocycles. The Labute approximate surface area is 150 Å². The normalized spacial score (nSPS) is 12.0. The molecular formula is C18H22FN3O2S. The Morgan fingerprint density at radius 2 is 2.04 bits per heavy atom. The number of H-pyrrole nitrogens is 1. The van der Waals surface area contributed by atoms with E-state index in [2.05, 4.69) is 15.3 Å². The SMILES string of the molecule is CCCc1cc(=O)[nH]c(S[C@H](C)C(=O)NCCc2ccc(F)cc2)n1. The van der Waals surface area contributed by atoms with Crippen molar-refractivity contribution in [2.75, 3.05) is 6.54 Å². The van der Waals surface area contributed by atoms with E-state index in [9.17, 15) is 14.0 Å². The molecule has 2 rings (SSSR count). The van der Waals surface area contributed by atoms with Crippen molar-refractivity contribution in [2.45, 2.75) is 43.5 Å². The topological polar surface area (TPSA) is 74.8 Å². The molecule has 0 spiro atoms.